The number of rotatable bonds is 6. The van der Waals surface area contributed by atoms with E-state index in [0.717, 1.165) is 6.42 Å². The van der Waals surface area contributed by atoms with Crippen LogP contribution in [0.1, 0.15) is 25.1 Å². The average Bonchev–Trinajstić information content (AvgIpc) is 3.01. The molecule has 0 aliphatic carbocycles. The molecule has 0 bridgehead atoms. The van der Waals surface area contributed by atoms with Crippen molar-refractivity contribution in [2.24, 2.45) is 0 Å². The highest BCUT2D eigenvalue weighted by Gasteiger charge is 2.30. The Kier molecular flexibility index (Phi) is 5.39. The van der Waals surface area contributed by atoms with Gasteiger partial charge in [-0.3, -0.25) is 0 Å². The third-order valence-corrected chi connectivity index (χ3v) is 4.13. The Morgan fingerprint density at radius 2 is 2.25 bits per heavy atom. The third-order valence-electron chi connectivity index (χ3n) is 3.23. The molecule has 2 heterocycles. The fraction of sp³-hybridized carbons (Fsp3) is 0.643. The van der Waals surface area contributed by atoms with Gasteiger partial charge in [-0.2, -0.15) is 0 Å². The van der Waals surface area contributed by atoms with Crippen molar-refractivity contribution < 1.29 is 14.3 Å². The van der Waals surface area contributed by atoms with Crippen LogP contribution in [-0.4, -0.2) is 37.6 Å². The fourth-order valence-corrected chi connectivity index (χ4v) is 3.00. The Morgan fingerprint density at radius 1 is 1.50 bits per heavy atom. The maximum atomic E-state index is 11.8. The van der Waals surface area contributed by atoms with Crippen LogP contribution in [0.5, 0.6) is 0 Å². The summed E-state index contributed by atoms with van der Waals surface area (Å²) >= 11 is 1.71. The number of ether oxygens (including phenoxy) is 2. The molecular weight excluding hydrogens is 276 g/mol. The molecule has 20 heavy (non-hydrogen) atoms. The van der Waals surface area contributed by atoms with Crippen molar-refractivity contribution in [3.63, 3.8) is 0 Å². The van der Waals surface area contributed by atoms with Crippen molar-refractivity contribution in [1.29, 1.82) is 0 Å². The lowest BCUT2D eigenvalue weighted by Crippen LogP contribution is -2.43. The number of thiophene rings is 1. The highest BCUT2D eigenvalue weighted by atomic mass is 32.1. The van der Waals surface area contributed by atoms with Crippen LogP contribution in [-0.2, 0) is 15.9 Å². The predicted molar refractivity (Wildman–Crippen MR) is 78.9 cm³/mol. The molecule has 6 heteroatoms. The first-order chi connectivity index (χ1) is 9.57. The molecule has 1 atom stereocenters. The summed E-state index contributed by atoms with van der Waals surface area (Å²) < 4.78 is 11.0. The van der Waals surface area contributed by atoms with E-state index in [2.05, 4.69) is 16.7 Å². The smallest absolute Gasteiger partial charge is 0.315 e. The van der Waals surface area contributed by atoms with Crippen molar-refractivity contribution in [1.82, 2.24) is 10.6 Å². The van der Waals surface area contributed by atoms with E-state index in [1.165, 1.54) is 4.88 Å². The van der Waals surface area contributed by atoms with E-state index >= 15 is 0 Å². The Labute approximate surface area is 123 Å². The summed E-state index contributed by atoms with van der Waals surface area (Å²) in [6.07, 6.45) is 1.51. The van der Waals surface area contributed by atoms with E-state index in [-0.39, 0.29) is 12.1 Å². The van der Waals surface area contributed by atoms with E-state index in [0.29, 0.717) is 26.2 Å². The van der Waals surface area contributed by atoms with Crippen LogP contribution in [0.2, 0.25) is 0 Å². The Hall–Kier alpha value is -1.11. The number of hydrogen-bond acceptors (Lipinski definition) is 4. The molecule has 0 radical (unpaired) electrons. The molecule has 1 aromatic rings. The second-order valence-electron chi connectivity index (χ2n) is 5.17. The van der Waals surface area contributed by atoms with Gasteiger partial charge in [0.2, 0.25) is 0 Å². The number of carbonyl (C=O) groups is 1. The first-order valence-electron chi connectivity index (χ1n) is 6.92. The molecule has 0 unspecified atom stereocenters. The Morgan fingerprint density at radius 3 is 2.90 bits per heavy atom. The molecular formula is C14H22N2O3S. The SMILES string of the molecule is C[C@@H](Cc1cccs1)NC(=O)NCCC1(C)OCCO1. The molecule has 1 aliphatic rings. The van der Waals surface area contributed by atoms with Crippen LogP contribution in [0.15, 0.2) is 17.5 Å². The lowest BCUT2D eigenvalue weighted by molar-refractivity contribution is -0.145. The van der Waals surface area contributed by atoms with Crippen molar-refractivity contribution in [2.45, 2.75) is 38.5 Å². The topological polar surface area (TPSA) is 59.6 Å². The maximum Gasteiger partial charge on any atom is 0.315 e. The van der Waals surface area contributed by atoms with Crippen LogP contribution in [0.4, 0.5) is 4.79 Å². The normalized spacial score (nSPS) is 18.7. The first-order valence-corrected chi connectivity index (χ1v) is 7.80. The van der Waals surface area contributed by atoms with Gasteiger partial charge < -0.3 is 20.1 Å². The quantitative estimate of drug-likeness (QED) is 0.846. The minimum absolute atomic E-state index is 0.114. The van der Waals surface area contributed by atoms with E-state index in [1.807, 2.05) is 25.3 Å². The second kappa shape index (κ2) is 7.06. The third kappa shape index (κ3) is 4.77. The largest absolute Gasteiger partial charge is 0.348 e. The Bertz CT molecular complexity index is 416. The van der Waals surface area contributed by atoms with Gasteiger partial charge in [0, 0.05) is 30.3 Å². The van der Waals surface area contributed by atoms with Gasteiger partial charge in [0.1, 0.15) is 0 Å². The molecule has 112 valence electrons. The lowest BCUT2D eigenvalue weighted by Gasteiger charge is -2.22. The lowest BCUT2D eigenvalue weighted by atomic mass is 10.2. The molecule has 2 N–H and O–H groups in total. The zero-order valence-corrected chi connectivity index (χ0v) is 12.8. The number of nitrogens with one attached hydrogen (secondary N) is 2. The number of carbonyl (C=O) groups excluding carboxylic acids is 1. The average molecular weight is 298 g/mol. The molecule has 2 amide bonds. The molecule has 2 rings (SSSR count). The summed E-state index contributed by atoms with van der Waals surface area (Å²) in [5.41, 5.74) is 0. The van der Waals surface area contributed by atoms with E-state index < -0.39 is 5.79 Å². The number of hydrogen-bond donors (Lipinski definition) is 2. The molecule has 5 nitrogen and oxygen atoms in total. The zero-order valence-electron chi connectivity index (χ0n) is 12.0. The molecule has 0 spiro atoms. The number of amides is 2. The molecule has 1 aromatic heterocycles. The molecule has 1 saturated heterocycles. The van der Waals surface area contributed by atoms with Gasteiger partial charge in [-0.15, -0.1) is 11.3 Å². The summed E-state index contributed by atoms with van der Waals surface area (Å²) in [4.78, 5) is 13.0. The molecule has 1 fully saturated rings. The van der Waals surface area contributed by atoms with Gasteiger partial charge in [-0.05, 0) is 25.3 Å². The monoisotopic (exact) mass is 298 g/mol. The maximum absolute atomic E-state index is 11.8. The van der Waals surface area contributed by atoms with E-state index in [9.17, 15) is 4.79 Å². The van der Waals surface area contributed by atoms with Crippen molar-refractivity contribution >= 4 is 17.4 Å². The molecule has 0 aromatic carbocycles. The van der Waals surface area contributed by atoms with Crippen LogP contribution in [0, 0.1) is 0 Å². The Balaban J connectivity index is 1.62. The van der Waals surface area contributed by atoms with Crippen LogP contribution >= 0.6 is 11.3 Å². The van der Waals surface area contributed by atoms with Gasteiger partial charge in [-0.1, -0.05) is 6.07 Å². The van der Waals surface area contributed by atoms with Crippen LogP contribution in [0.3, 0.4) is 0 Å². The second-order valence-corrected chi connectivity index (χ2v) is 6.20. The summed E-state index contributed by atoms with van der Waals surface area (Å²) in [7, 11) is 0. The zero-order chi connectivity index (χ0) is 14.4. The predicted octanol–water partition coefficient (Wildman–Crippen LogP) is 2.13. The summed E-state index contributed by atoms with van der Waals surface area (Å²) in [5, 5.41) is 7.82. The fourth-order valence-electron chi connectivity index (χ4n) is 2.16. The first kappa shape index (κ1) is 15.3. The van der Waals surface area contributed by atoms with Gasteiger partial charge >= 0.3 is 6.03 Å². The molecule has 1 aliphatic heterocycles. The minimum Gasteiger partial charge on any atom is -0.348 e. The van der Waals surface area contributed by atoms with E-state index in [4.69, 9.17) is 9.47 Å². The summed E-state index contributed by atoms with van der Waals surface area (Å²) in [6, 6.07) is 4.07. The van der Waals surface area contributed by atoms with Gasteiger partial charge in [0.05, 0.1) is 13.2 Å². The van der Waals surface area contributed by atoms with Gasteiger partial charge in [0.15, 0.2) is 5.79 Å². The van der Waals surface area contributed by atoms with Crippen molar-refractivity contribution in [3.05, 3.63) is 22.4 Å². The van der Waals surface area contributed by atoms with Crippen molar-refractivity contribution in [2.75, 3.05) is 19.8 Å². The highest BCUT2D eigenvalue weighted by molar-refractivity contribution is 7.09. The van der Waals surface area contributed by atoms with Crippen molar-refractivity contribution in [3.8, 4) is 0 Å². The minimum atomic E-state index is -0.546. The molecule has 0 saturated carbocycles. The number of urea groups is 1. The van der Waals surface area contributed by atoms with E-state index in [1.54, 1.807) is 11.3 Å². The van der Waals surface area contributed by atoms with Gasteiger partial charge in [0.25, 0.3) is 0 Å². The van der Waals surface area contributed by atoms with Gasteiger partial charge in [-0.25, -0.2) is 4.79 Å². The standard InChI is InChI=1S/C14H22N2O3S/c1-11(10-12-4-3-9-20-12)16-13(17)15-6-5-14(2)18-7-8-19-14/h3-4,9,11H,5-8,10H2,1-2H3,(H2,15,16,17)/t11-/m0/s1. The van der Waals surface area contributed by atoms with Crippen LogP contribution < -0.4 is 10.6 Å². The van der Waals surface area contributed by atoms with Crippen LogP contribution in [0.25, 0.3) is 0 Å². The highest BCUT2D eigenvalue weighted by Crippen LogP contribution is 2.21. The summed E-state index contributed by atoms with van der Waals surface area (Å²) in [6.45, 7) is 5.69. The summed E-state index contributed by atoms with van der Waals surface area (Å²) in [5.74, 6) is -0.546.